The molecule has 3 rings (SSSR count). The van der Waals surface area contributed by atoms with E-state index in [1.807, 2.05) is 66.7 Å². The molecule has 0 radical (unpaired) electrons. The van der Waals surface area contributed by atoms with Crippen LogP contribution >= 0.6 is 11.6 Å². The molecule has 0 fully saturated rings. The van der Waals surface area contributed by atoms with Crippen LogP contribution in [0, 0.1) is 0 Å². The molecule has 0 saturated carbocycles. The molecule has 0 N–H and O–H groups in total. The lowest BCUT2D eigenvalue weighted by Gasteiger charge is -2.36. The third-order valence-electron chi connectivity index (χ3n) is 4.70. The Morgan fingerprint density at radius 1 is 0.885 bits per heavy atom. The van der Waals surface area contributed by atoms with Crippen LogP contribution in [0.25, 0.3) is 0 Å². The summed E-state index contributed by atoms with van der Waals surface area (Å²) in [6, 6.07) is 25.7. The van der Waals surface area contributed by atoms with Gasteiger partial charge in [0, 0.05) is 11.4 Å². The van der Waals surface area contributed by atoms with E-state index in [9.17, 15) is 4.79 Å². The highest BCUT2D eigenvalue weighted by Crippen LogP contribution is 2.45. The number of benzene rings is 3. The molecule has 132 valence electrons. The summed E-state index contributed by atoms with van der Waals surface area (Å²) in [6.07, 6.45) is 0.326. The van der Waals surface area contributed by atoms with Gasteiger partial charge in [-0.05, 0) is 41.8 Å². The van der Waals surface area contributed by atoms with Gasteiger partial charge in [-0.3, -0.25) is 4.79 Å². The van der Waals surface area contributed by atoms with Crippen molar-refractivity contribution < 1.29 is 9.53 Å². The highest BCUT2D eigenvalue weighted by molar-refractivity contribution is 6.31. The summed E-state index contributed by atoms with van der Waals surface area (Å²) in [5.41, 5.74) is 2.31. The smallest absolute Gasteiger partial charge is 0.131 e. The number of hydrogen-bond acceptors (Lipinski definition) is 2. The van der Waals surface area contributed by atoms with Crippen LogP contribution in [0.5, 0.6) is 5.75 Å². The third kappa shape index (κ3) is 3.38. The van der Waals surface area contributed by atoms with Crippen molar-refractivity contribution in [3.05, 3.63) is 101 Å². The van der Waals surface area contributed by atoms with E-state index in [2.05, 4.69) is 12.1 Å². The second kappa shape index (κ2) is 7.76. The lowest BCUT2D eigenvalue weighted by Crippen LogP contribution is -2.32. The topological polar surface area (TPSA) is 26.3 Å². The molecule has 1 atom stereocenters. The summed E-state index contributed by atoms with van der Waals surface area (Å²) in [5, 5.41) is 0.647. The molecule has 0 aliphatic carbocycles. The normalized spacial score (nSPS) is 13.0. The van der Waals surface area contributed by atoms with Gasteiger partial charge in [-0.25, -0.2) is 0 Å². The molecule has 0 amide bonds. The van der Waals surface area contributed by atoms with Crippen LogP contribution in [0.2, 0.25) is 5.02 Å². The maximum Gasteiger partial charge on any atom is 0.131 e. The zero-order chi connectivity index (χ0) is 18.6. The van der Waals surface area contributed by atoms with Crippen LogP contribution in [0.1, 0.15) is 30.0 Å². The highest BCUT2D eigenvalue weighted by Gasteiger charge is 2.39. The van der Waals surface area contributed by atoms with Gasteiger partial charge in [0.1, 0.15) is 11.5 Å². The van der Waals surface area contributed by atoms with Gasteiger partial charge in [0.15, 0.2) is 0 Å². The molecule has 1 unspecified atom stereocenters. The van der Waals surface area contributed by atoms with Crippen LogP contribution in [-0.2, 0) is 10.2 Å². The van der Waals surface area contributed by atoms with Crippen molar-refractivity contribution >= 4 is 17.4 Å². The largest absolute Gasteiger partial charge is 0.497 e. The van der Waals surface area contributed by atoms with E-state index in [0.717, 1.165) is 22.4 Å². The van der Waals surface area contributed by atoms with Gasteiger partial charge in [0.2, 0.25) is 0 Å². The molecule has 3 heteroatoms. The highest BCUT2D eigenvalue weighted by atomic mass is 35.5. The van der Waals surface area contributed by atoms with Crippen molar-refractivity contribution in [3.63, 3.8) is 0 Å². The Kier molecular flexibility index (Phi) is 5.43. The fourth-order valence-corrected chi connectivity index (χ4v) is 3.85. The van der Waals surface area contributed by atoms with E-state index < -0.39 is 5.41 Å². The molecule has 0 saturated heterocycles. The van der Waals surface area contributed by atoms with E-state index in [-0.39, 0.29) is 5.78 Å². The van der Waals surface area contributed by atoms with E-state index in [1.165, 1.54) is 0 Å². The van der Waals surface area contributed by atoms with Crippen molar-refractivity contribution in [2.75, 3.05) is 7.11 Å². The van der Waals surface area contributed by atoms with Crippen molar-refractivity contribution in [3.8, 4) is 5.75 Å². The van der Waals surface area contributed by atoms with Crippen molar-refractivity contribution in [2.45, 2.75) is 18.8 Å². The SMILES string of the molecule is COc1ccc(C(CC(C)=O)(c2ccccc2)c2ccccc2Cl)cc1. The lowest BCUT2D eigenvalue weighted by atomic mass is 9.66. The van der Waals surface area contributed by atoms with E-state index in [1.54, 1.807) is 14.0 Å². The zero-order valence-electron chi connectivity index (χ0n) is 14.9. The predicted molar refractivity (Wildman–Crippen MR) is 106 cm³/mol. The fourth-order valence-electron chi connectivity index (χ4n) is 3.56. The maximum absolute atomic E-state index is 12.3. The minimum absolute atomic E-state index is 0.101. The minimum Gasteiger partial charge on any atom is -0.497 e. The van der Waals surface area contributed by atoms with Gasteiger partial charge in [-0.2, -0.15) is 0 Å². The first-order valence-corrected chi connectivity index (χ1v) is 8.90. The first-order valence-electron chi connectivity index (χ1n) is 8.52. The maximum atomic E-state index is 12.3. The first-order chi connectivity index (χ1) is 12.6. The molecule has 0 aromatic heterocycles. The van der Waals surface area contributed by atoms with Crippen LogP contribution in [0.3, 0.4) is 0 Å². The summed E-state index contributed by atoms with van der Waals surface area (Å²) in [5.74, 6) is 0.877. The van der Waals surface area contributed by atoms with Crippen molar-refractivity contribution in [2.24, 2.45) is 0 Å². The van der Waals surface area contributed by atoms with Gasteiger partial charge in [0.05, 0.1) is 12.5 Å². The lowest BCUT2D eigenvalue weighted by molar-refractivity contribution is -0.117. The van der Waals surface area contributed by atoms with Gasteiger partial charge in [-0.15, -0.1) is 0 Å². The van der Waals surface area contributed by atoms with Crippen LogP contribution in [0.4, 0.5) is 0 Å². The fraction of sp³-hybridized carbons (Fsp3) is 0.174. The Hall–Kier alpha value is -2.58. The Labute approximate surface area is 159 Å². The summed E-state index contributed by atoms with van der Waals surface area (Å²) in [6.45, 7) is 1.62. The number of halogens is 1. The van der Waals surface area contributed by atoms with Gasteiger partial charge in [0.25, 0.3) is 0 Å². The van der Waals surface area contributed by atoms with Gasteiger partial charge >= 0.3 is 0 Å². The number of carbonyl (C=O) groups excluding carboxylic acids is 1. The summed E-state index contributed by atoms with van der Waals surface area (Å²) in [4.78, 5) is 12.3. The average molecular weight is 365 g/mol. The molecule has 3 aromatic carbocycles. The number of methoxy groups -OCH3 is 1. The average Bonchev–Trinajstić information content (AvgIpc) is 2.67. The van der Waals surface area contributed by atoms with E-state index in [0.29, 0.717) is 11.4 Å². The van der Waals surface area contributed by atoms with Gasteiger partial charge in [-0.1, -0.05) is 72.3 Å². The third-order valence-corrected chi connectivity index (χ3v) is 5.03. The number of Topliss-reactive ketones (excluding diaryl/α,β-unsaturated/α-hetero) is 1. The number of carbonyl (C=O) groups is 1. The number of hydrogen-bond donors (Lipinski definition) is 0. The Bertz CT molecular complexity index is 888. The minimum atomic E-state index is -0.655. The summed E-state index contributed by atoms with van der Waals surface area (Å²) >= 11 is 6.61. The molecule has 26 heavy (non-hydrogen) atoms. The molecule has 3 aromatic rings. The number of ketones is 1. The zero-order valence-corrected chi connectivity index (χ0v) is 15.7. The molecular formula is C23H21ClO2. The molecule has 0 heterocycles. The van der Waals surface area contributed by atoms with Crippen molar-refractivity contribution in [1.29, 1.82) is 0 Å². The Morgan fingerprint density at radius 2 is 1.46 bits per heavy atom. The standard InChI is InChI=1S/C23H21ClO2/c1-17(25)16-23(18-8-4-3-5-9-18,21-10-6-7-11-22(21)24)19-12-14-20(26-2)15-13-19/h3-15H,16H2,1-2H3. The second-order valence-corrected chi connectivity index (χ2v) is 6.77. The first kappa shape index (κ1) is 18.2. The molecule has 0 aliphatic rings. The predicted octanol–water partition coefficient (Wildman–Crippen LogP) is 5.66. The molecular weight excluding hydrogens is 344 g/mol. The molecule has 0 spiro atoms. The van der Waals surface area contributed by atoms with Crippen LogP contribution < -0.4 is 4.74 Å². The van der Waals surface area contributed by atoms with Crippen LogP contribution in [0.15, 0.2) is 78.9 Å². The summed E-state index contributed by atoms with van der Waals surface area (Å²) in [7, 11) is 1.64. The Balaban J connectivity index is 2.34. The van der Waals surface area contributed by atoms with E-state index >= 15 is 0 Å². The molecule has 0 aliphatic heterocycles. The summed E-state index contributed by atoms with van der Waals surface area (Å²) < 4.78 is 5.31. The molecule has 0 bridgehead atoms. The number of ether oxygens (including phenoxy) is 1. The monoisotopic (exact) mass is 364 g/mol. The van der Waals surface area contributed by atoms with Crippen molar-refractivity contribution in [1.82, 2.24) is 0 Å². The van der Waals surface area contributed by atoms with Crippen LogP contribution in [-0.4, -0.2) is 12.9 Å². The second-order valence-electron chi connectivity index (χ2n) is 6.36. The Morgan fingerprint density at radius 3 is 2.04 bits per heavy atom. The van der Waals surface area contributed by atoms with E-state index in [4.69, 9.17) is 16.3 Å². The molecule has 2 nitrogen and oxygen atoms in total. The van der Waals surface area contributed by atoms with Gasteiger partial charge < -0.3 is 4.74 Å². The quantitative estimate of drug-likeness (QED) is 0.527. The number of rotatable bonds is 6.